The lowest BCUT2D eigenvalue weighted by molar-refractivity contribution is 0.0695. The Morgan fingerprint density at radius 3 is 2.57 bits per heavy atom. The van der Waals surface area contributed by atoms with Gasteiger partial charge in [-0.25, -0.2) is 4.79 Å². The van der Waals surface area contributed by atoms with Crippen molar-refractivity contribution in [2.24, 2.45) is 0 Å². The van der Waals surface area contributed by atoms with Crippen molar-refractivity contribution in [3.8, 4) is 0 Å². The molecule has 1 aromatic heterocycles. The molecule has 1 aliphatic rings. The second-order valence-electron chi connectivity index (χ2n) is 7.00. The van der Waals surface area contributed by atoms with Crippen LogP contribution in [0.2, 0.25) is 0 Å². The molecule has 0 saturated carbocycles. The highest BCUT2D eigenvalue weighted by atomic mass is 16.4. The van der Waals surface area contributed by atoms with Crippen molar-refractivity contribution in [3.05, 3.63) is 35.0 Å². The Balaban J connectivity index is 2.32. The molecule has 3 rings (SSSR count). The van der Waals surface area contributed by atoms with Gasteiger partial charge in [-0.05, 0) is 30.2 Å². The van der Waals surface area contributed by atoms with E-state index >= 15 is 0 Å². The van der Waals surface area contributed by atoms with Crippen molar-refractivity contribution in [2.75, 3.05) is 13.6 Å². The number of rotatable bonds is 1. The van der Waals surface area contributed by atoms with Crippen LogP contribution in [0.1, 0.15) is 42.4 Å². The number of aromatic carboxylic acids is 1. The topological polar surface area (TPSA) is 45.5 Å². The first-order chi connectivity index (χ1) is 9.79. The van der Waals surface area contributed by atoms with Gasteiger partial charge < -0.3 is 9.67 Å². The molecule has 21 heavy (non-hydrogen) atoms. The lowest BCUT2D eigenvalue weighted by atomic mass is 9.86. The first kappa shape index (κ1) is 14.1. The number of nitrogens with zero attached hydrogens (tertiary/aromatic N) is 2. The van der Waals surface area contributed by atoms with Crippen molar-refractivity contribution < 1.29 is 9.90 Å². The van der Waals surface area contributed by atoms with Crippen LogP contribution in [0.25, 0.3) is 10.9 Å². The second kappa shape index (κ2) is 4.60. The third kappa shape index (κ3) is 2.23. The smallest absolute Gasteiger partial charge is 0.338 e. The largest absolute Gasteiger partial charge is 0.478 e. The van der Waals surface area contributed by atoms with Gasteiger partial charge in [0.15, 0.2) is 0 Å². The monoisotopic (exact) mass is 286 g/mol. The van der Waals surface area contributed by atoms with E-state index in [1.165, 1.54) is 5.56 Å². The standard InChI is InChI=1S/C17H22N2O2/c1-17(2,3)11-5-6-13-12(9-11)15(16(20)21)14-10-18(4)7-8-19(13)14/h5-6,9H,7-8,10H2,1-4H3,(H,20,21). The molecule has 2 aromatic rings. The van der Waals surface area contributed by atoms with Crippen LogP contribution in [0, 0.1) is 0 Å². The van der Waals surface area contributed by atoms with Crippen LogP contribution in [-0.4, -0.2) is 34.1 Å². The molecule has 0 saturated heterocycles. The summed E-state index contributed by atoms with van der Waals surface area (Å²) in [5.41, 5.74) is 3.64. The summed E-state index contributed by atoms with van der Waals surface area (Å²) in [4.78, 5) is 14.0. The first-order valence-corrected chi connectivity index (χ1v) is 7.36. The Morgan fingerprint density at radius 2 is 1.95 bits per heavy atom. The maximum atomic E-state index is 11.8. The van der Waals surface area contributed by atoms with E-state index in [0.29, 0.717) is 12.1 Å². The molecule has 1 N–H and O–H groups in total. The number of hydrogen-bond donors (Lipinski definition) is 1. The van der Waals surface area contributed by atoms with Crippen LogP contribution in [0.15, 0.2) is 18.2 Å². The number of carboxylic acid groups (broad SMARTS) is 1. The van der Waals surface area contributed by atoms with Crippen molar-refractivity contribution in [1.82, 2.24) is 9.47 Å². The van der Waals surface area contributed by atoms with Gasteiger partial charge in [-0.2, -0.15) is 0 Å². The van der Waals surface area contributed by atoms with Crippen LogP contribution in [0.5, 0.6) is 0 Å². The molecular formula is C17H22N2O2. The zero-order chi connectivity index (χ0) is 15.4. The Hall–Kier alpha value is -1.81. The van der Waals surface area contributed by atoms with Crippen LogP contribution in [0.3, 0.4) is 0 Å². The maximum Gasteiger partial charge on any atom is 0.338 e. The first-order valence-electron chi connectivity index (χ1n) is 7.36. The Kier molecular flexibility index (Phi) is 3.10. The van der Waals surface area contributed by atoms with E-state index in [1.807, 2.05) is 7.05 Å². The number of fused-ring (bicyclic) bond motifs is 3. The average Bonchev–Trinajstić information content (AvgIpc) is 2.69. The summed E-state index contributed by atoms with van der Waals surface area (Å²) >= 11 is 0. The third-order valence-corrected chi connectivity index (χ3v) is 4.38. The lowest BCUT2D eigenvalue weighted by Crippen LogP contribution is -2.30. The molecule has 0 amide bonds. The third-order valence-electron chi connectivity index (χ3n) is 4.38. The highest BCUT2D eigenvalue weighted by Gasteiger charge is 2.26. The van der Waals surface area contributed by atoms with Crippen molar-refractivity contribution >= 4 is 16.9 Å². The Bertz CT molecular complexity index is 722. The van der Waals surface area contributed by atoms with E-state index in [2.05, 4.69) is 48.4 Å². The number of hydrogen-bond acceptors (Lipinski definition) is 2. The average molecular weight is 286 g/mol. The summed E-state index contributed by atoms with van der Waals surface area (Å²) in [6.45, 7) is 8.96. The number of likely N-dealkylation sites (N-methyl/N-ethyl adjacent to an activating group) is 1. The van der Waals surface area contributed by atoms with Gasteiger partial charge in [0.1, 0.15) is 0 Å². The van der Waals surface area contributed by atoms with E-state index in [0.717, 1.165) is 29.7 Å². The summed E-state index contributed by atoms with van der Waals surface area (Å²) in [5.74, 6) is -0.824. The summed E-state index contributed by atoms with van der Waals surface area (Å²) < 4.78 is 2.17. The molecule has 0 atom stereocenters. The summed E-state index contributed by atoms with van der Waals surface area (Å²) in [6, 6.07) is 6.26. The Labute approximate surface area is 125 Å². The summed E-state index contributed by atoms with van der Waals surface area (Å²) in [5, 5.41) is 10.6. The van der Waals surface area contributed by atoms with Crippen molar-refractivity contribution in [2.45, 2.75) is 39.3 Å². The molecule has 0 aliphatic carbocycles. The number of carbonyl (C=O) groups is 1. The van der Waals surface area contributed by atoms with Gasteiger partial charge in [-0.1, -0.05) is 26.8 Å². The maximum absolute atomic E-state index is 11.8. The predicted octanol–water partition coefficient (Wildman–Crippen LogP) is 3.08. The van der Waals surface area contributed by atoms with E-state index < -0.39 is 5.97 Å². The summed E-state index contributed by atoms with van der Waals surface area (Å²) in [7, 11) is 2.04. The van der Waals surface area contributed by atoms with E-state index in [9.17, 15) is 9.90 Å². The number of aromatic nitrogens is 1. The normalized spacial score (nSPS) is 16.2. The highest BCUT2D eigenvalue weighted by molar-refractivity contribution is 6.05. The van der Waals surface area contributed by atoms with Crippen molar-refractivity contribution in [1.29, 1.82) is 0 Å². The summed E-state index contributed by atoms with van der Waals surface area (Å²) in [6.07, 6.45) is 0. The number of benzene rings is 1. The van der Waals surface area contributed by atoms with Gasteiger partial charge in [0.2, 0.25) is 0 Å². The zero-order valence-corrected chi connectivity index (χ0v) is 13.1. The van der Waals surface area contributed by atoms with Gasteiger partial charge >= 0.3 is 5.97 Å². The van der Waals surface area contributed by atoms with Gasteiger partial charge in [-0.15, -0.1) is 0 Å². The van der Waals surface area contributed by atoms with Gasteiger partial charge in [0.05, 0.1) is 5.56 Å². The number of carboxylic acids is 1. The fourth-order valence-electron chi connectivity index (χ4n) is 3.14. The zero-order valence-electron chi connectivity index (χ0n) is 13.1. The predicted molar refractivity (Wildman–Crippen MR) is 83.9 cm³/mol. The molecule has 0 unspecified atom stereocenters. The van der Waals surface area contributed by atoms with Crippen LogP contribution in [-0.2, 0) is 18.5 Å². The SMILES string of the molecule is CN1CCn2c(c(C(=O)O)c3cc(C(C)(C)C)ccc32)C1. The van der Waals surface area contributed by atoms with E-state index in [4.69, 9.17) is 0 Å². The van der Waals surface area contributed by atoms with E-state index in [1.54, 1.807) is 0 Å². The molecule has 0 radical (unpaired) electrons. The molecule has 0 fully saturated rings. The minimum Gasteiger partial charge on any atom is -0.478 e. The molecule has 4 nitrogen and oxygen atoms in total. The minimum atomic E-state index is -0.824. The van der Waals surface area contributed by atoms with Gasteiger partial charge in [0, 0.05) is 36.2 Å². The molecule has 0 spiro atoms. The fourth-order valence-corrected chi connectivity index (χ4v) is 3.14. The van der Waals surface area contributed by atoms with Crippen LogP contribution < -0.4 is 0 Å². The molecule has 1 aromatic carbocycles. The molecule has 1 aliphatic heterocycles. The van der Waals surface area contributed by atoms with Crippen LogP contribution in [0.4, 0.5) is 0 Å². The van der Waals surface area contributed by atoms with Gasteiger partial charge in [-0.3, -0.25) is 4.90 Å². The van der Waals surface area contributed by atoms with E-state index in [-0.39, 0.29) is 5.41 Å². The molecule has 112 valence electrons. The molecule has 4 heteroatoms. The molecular weight excluding hydrogens is 264 g/mol. The highest BCUT2D eigenvalue weighted by Crippen LogP contribution is 2.33. The van der Waals surface area contributed by atoms with Crippen LogP contribution >= 0.6 is 0 Å². The quantitative estimate of drug-likeness (QED) is 0.876. The van der Waals surface area contributed by atoms with Gasteiger partial charge in [0.25, 0.3) is 0 Å². The Morgan fingerprint density at radius 1 is 1.24 bits per heavy atom. The van der Waals surface area contributed by atoms with Crippen molar-refractivity contribution in [3.63, 3.8) is 0 Å². The lowest BCUT2D eigenvalue weighted by Gasteiger charge is -2.25. The second-order valence-corrected chi connectivity index (χ2v) is 7.00. The molecule has 0 bridgehead atoms. The fraction of sp³-hybridized carbons (Fsp3) is 0.471. The minimum absolute atomic E-state index is 0.0171. The molecule has 2 heterocycles.